The SMILES string of the molecule is COc1ccc(CC2NC(=O)n3c2nc2cncnc23)cc1. The van der Waals surface area contributed by atoms with Gasteiger partial charge in [-0.3, -0.25) is 0 Å². The highest BCUT2D eigenvalue weighted by atomic mass is 16.5. The van der Waals surface area contributed by atoms with Gasteiger partial charge in [0, 0.05) is 0 Å². The number of nitrogens with one attached hydrogen (secondary N) is 1. The van der Waals surface area contributed by atoms with Gasteiger partial charge in [-0.15, -0.1) is 0 Å². The molecule has 110 valence electrons. The van der Waals surface area contributed by atoms with Gasteiger partial charge in [0.2, 0.25) is 0 Å². The molecule has 7 nitrogen and oxygen atoms in total. The first-order chi connectivity index (χ1) is 10.8. The summed E-state index contributed by atoms with van der Waals surface area (Å²) in [7, 11) is 1.63. The fraction of sp³-hybridized carbons (Fsp3) is 0.200. The molecule has 22 heavy (non-hydrogen) atoms. The number of nitrogens with zero attached hydrogens (tertiary/aromatic N) is 4. The molecule has 3 aromatic rings. The Hall–Kier alpha value is -2.96. The minimum absolute atomic E-state index is 0.171. The Morgan fingerprint density at radius 2 is 2.14 bits per heavy atom. The van der Waals surface area contributed by atoms with Gasteiger partial charge in [-0.05, 0) is 24.1 Å². The third-order valence-corrected chi connectivity index (χ3v) is 3.76. The summed E-state index contributed by atoms with van der Waals surface area (Å²) in [5.74, 6) is 1.48. The number of hydrogen-bond acceptors (Lipinski definition) is 5. The minimum atomic E-state index is -0.199. The van der Waals surface area contributed by atoms with Crippen LogP contribution >= 0.6 is 0 Å². The van der Waals surface area contributed by atoms with Crippen molar-refractivity contribution in [3.8, 4) is 5.75 Å². The summed E-state index contributed by atoms with van der Waals surface area (Å²) in [5, 5.41) is 2.94. The van der Waals surface area contributed by atoms with E-state index in [1.165, 1.54) is 10.9 Å². The minimum Gasteiger partial charge on any atom is -0.497 e. The topological polar surface area (TPSA) is 81.9 Å². The van der Waals surface area contributed by atoms with Crippen LogP contribution in [0, 0.1) is 0 Å². The van der Waals surface area contributed by atoms with E-state index in [0.717, 1.165) is 11.3 Å². The number of ether oxygens (including phenoxy) is 1. The smallest absolute Gasteiger partial charge is 0.329 e. The number of rotatable bonds is 3. The Morgan fingerprint density at radius 1 is 1.32 bits per heavy atom. The van der Waals surface area contributed by atoms with Crippen molar-refractivity contribution >= 4 is 17.2 Å². The third-order valence-electron chi connectivity index (χ3n) is 3.76. The molecule has 3 heterocycles. The second kappa shape index (κ2) is 4.80. The van der Waals surface area contributed by atoms with E-state index in [1.807, 2.05) is 24.3 Å². The van der Waals surface area contributed by atoms with E-state index in [1.54, 1.807) is 13.3 Å². The fourth-order valence-corrected chi connectivity index (χ4v) is 2.70. The number of carbonyl (C=O) groups excluding carboxylic acids is 1. The number of carbonyl (C=O) groups is 1. The lowest BCUT2D eigenvalue weighted by Crippen LogP contribution is -2.23. The van der Waals surface area contributed by atoms with Crippen molar-refractivity contribution in [3.63, 3.8) is 0 Å². The second-order valence-corrected chi connectivity index (χ2v) is 5.09. The molecule has 0 radical (unpaired) electrons. The van der Waals surface area contributed by atoms with E-state index in [4.69, 9.17) is 4.74 Å². The normalized spacial score (nSPS) is 16.6. The summed E-state index contributed by atoms with van der Waals surface area (Å²) in [5.41, 5.74) is 2.27. The Bertz CT molecular complexity index is 856. The van der Waals surface area contributed by atoms with Crippen LogP contribution in [0.15, 0.2) is 36.8 Å². The maximum absolute atomic E-state index is 12.2. The third kappa shape index (κ3) is 1.90. The Labute approximate surface area is 126 Å². The number of hydrogen-bond donors (Lipinski definition) is 1. The average molecular weight is 295 g/mol. The van der Waals surface area contributed by atoms with Crippen LogP contribution in [0.4, 0.5) is 4.79 Å². The molecule has 0 saturated heterocycles. The van der Waals surface area contributed by atoms with E-state index in [-0.39, 0.29) is 12.1 Å². The molecule has 1 aromatic carbocycles. The molecule has 7 heteroatoms. The highest BCUT2D eigenvalue weighted by molar-refractivity contribution is 5.90. The van der Waals surface area contributed by atoms with Gasteiger partial charge in [0.1, 0.15) is 23.4 Å². The zero-order valence-electron chi connectivity index (χ0n) is 11.9. The average Bonchev–Trinajstić information content (AvgIpc) is 3.07. The van der Waals surface area contributed by atoms with E-state index in [9.17, 15) is 4.79 Å². The number of amides is 1. The lowest BCUT2D eigenvalue weighted by Gasteiger charge is -2.09. The number of methoxy groups -OCH3 is 1. The van der Waals surface area contributed by atoms with E-state index < -0.39 is 0 Å². The van der Waals surface area contributed by atoms with Crippen LogP contribution < -0.4 is 10.1 Å². The first-order valence-corrected chi connectivity index (χ1v) is 6.88. The lowest BCUT2D eigenvalue weighted by molar-refractivity contribution is 0.245. The number of fused-ring (bicyclic) bond motifs is 3. The highest BCUT2D eigenvalue weighted by Crippen LogP contribution is 2.27. The Kier molecular flexibility index (Phi) is 2.78. The zero-order chi connectivity index (χ0) is 15.1. The van der Waals surface area contributed by atoms with Crippen molar-refractivity contribution in [1.29, 1.82) is 0 Å². The molecule has 1 amide bonds. The molecule has 0 bridgehead atoms. The van der Waals surface area contributed by atoms with Gasteiger partial charge in [-0.2, -0.15) is 0 Å². The summed E-state index contributed by atoms with van der Waals surface area (Å²) >= 11 is 0. The van der Waals surface area contributed by atoms with Gasteiger partial charge >= 0.3 is 6.03 Å². The zero-order valence-corrected chi connectivity index (χ0v) is 11.9. The molecule has 0 spiro atoms. The predicted octanol–water partition coefficient (Wildman–Crippen LogP) is 1.69. The lowest BCUT2D eigenvalue weighted by atomic mass is 10.1. The van der Waals surface area contributed by atoms with Crippen molar-refractivity contribution in [2.75, 3.05) is 7.11 Å². The van der Waals surface area contributed by atoms with Crippen molar-refractivity contribution in [3.05, 3.63) is 48.2 Å². The van der Waals surface area contributed by atoms with Crippen LogP contribution in [0.3, 0.4) is 0 Å². The van der Waals surface area contributed by atoms with Crippen LogP contribution in [-0.4, -0.2) is 32.7 Å². The predicted molar refractivity (Wildman–Crippen MR) is 78.7 cm³/mol. The summed E-state index contributed by atoms with van der Waals surface area (Å²) < 4.78 is 6.67. The van der Waals surface area contributed by atoms with Crippen molar-refractivity contribution in [1.82, 2.24) is 24.8 Å². The molecule has 1 aliphatic rings. The van der Waals surface area contributed by atoms with Crippen LogP contribution in [0.25, 0.3) is 11.2 Å². The standard InChI is InChI=1S/C15H13N5O2/c1-22-10-4-2-9(3-5-10)6-11-14-18-12-7-16-8-17-13(12)20(14)15(21)19-11/h2-5,7-8,11H,6H2,1H3,(H,19,21). The summed E-state index contributed by atoms with van der Waals surface area (Å²) in [4.78, 5) is 24.7. The van der Waals surface area contributed by atoms with Crippen LogP contribution in [0.5, 0.6) is 5.75 Å². The number of benzene rings is 1. The molecule has 4 rings (SSSR count). The van der Waals surface area contributed by atoms with Crippen molar-refractivity contribution in [2.45, 2.75) is 12.5 Å². The number of aromatic nitrogens is 4. The molecule has 1 unspecified atom stereocenters. The van der Waals surface area contributed by atoms with E-state index in [2.05, 4.69) is 20.3 Å². The van der Waals surface area contributed by atoms with Crippen LogP contribution in [-0.2, 0) is 6.42 Å². The quantitative estimate of drug-likeness (QED) is 0.795. The molecule has 0 fully saturated rings. The molecule has 1 atom stereocenters. The second-order valence-electron chi connectivity index (χ2n) is 5.09. The van der Waals surface area contributed by atoms with E-state index in [0.29, 0.717) is 23.4 Å². The van der Waals surface area contributed by atoms with Crippen molar-refractivity contribution in [2.24, 2.45) is 0 Å². The number of imidazole rings is 1. The molecule has 1 aliphatic heterocycles. The van der Waals surface area contributed by atoms with Gasteiger partial charge < -0.3 is 10.1 Å². The van der Waals surface area contributed by atoms with Gasteiger partial charge in [0.05, 0.1) is 19.3 Å². The van der Waals surface area contributed by atoms with Gasteiger partial charge in [0.15, 0.2) is 5.65 Å². The molecule has 1 N–H and O–H groups in total. The summed E-state index contributed by atoms with van der Waals surface area (Å²) in [6.45, 7) is 0. The first-order valence-electron chi connectivity index (χ1n) is 6.88. The van der Waals surface area contributed by atoms with Crippen molar-refractivity contribution < 1.29 is 9.53 Å². The highest BCUT2D eigenvalue weighted by Gasteiger charge is 2.32. The van der Waals surface area contributed by atoms with Crippen LogP contribution in [0.2, 0.25) is 0 Å². The Balaban J connectivity index is 1.69. The monoisotopic (exact) mass is 295 g/mol. The molecule has 0 aliphatic carbocycles. The summed E-state index contributed by atoms with van der Waals surface area (Å²) in [6.07, 6.45) is 3.69. The van der Waals surface area contributed by atoms with Crippen LogP contribution in [0.1, 0.15) is 17.4 Å². The van der Waals surface area contributed by atoms with Gasteiger partial charge in [-0.25, -0.2) is 24.3 Å². The first kappa shape index (κ1) is 12.8. The molecular formula is C15H13N5O2. The fourth-order valence-electron chi connectivity index (χ4n) is 2.70. The Morgan fingerprint density at radius 3 is 2.91 bits per heavy atom. The van der Waals surface area contributed by atoms with Gasteiger partial charge in [0.25, 0.3) is 0 Å². The maximum atomic E-state index is 12.2. The molecule has 0 saturated carbocycles. The molecule has 2 aromatic heterocycles. The van der Waals surface area contributed by atoms with E-state index >= 15 is 0 Å². The maximum Gasteiger partial charge on any atom is 0.329 e. The molecular weight excluding hydrogens is 282 g/mol. The largest absolute Gasteiger partial charge is 0.497 e. The summed E-state index contributed by atoms with van der Waals surface area (Å²) in [6, 6.07) is 7.40. The van der Waals surface area contributed by atoms with Gasteiger partial charge in [-0.1, -0.05) is 12.1 Å².